The van der Waals surface area contributed by atoms with Crippen LogP contribution in [0.25, 0.3) is 0 Å². The van der Waals surface area contributed by atoms with Gasteiger partial charge in [-0.25, -0.2) is 4.39 Å². The van der Waals surface area contributed by atoms with E-state index < -0.39 is 5.82 Å². The zero-order valence-electron chi connectivity index (χ0n) is 10.2. The minimum absolute atomic E-state index is 0.0317. The van der Waals surface area contributed by atoms with Crippen LogP contribution in [0.5, 0.6) is 5.75 Å². The Bertz CT molecular complexity index is 636. The summed E-state index contributed by atoms with van der Waals surface area (Å²) in [4.78, 5) is 0. The smallest absolute Gasteiger partial charge is 0.141 e. The Morgan fingerprint density at radius 3 is 2.74 bits per heavy atom. The lowest BCUT2D eigenvalue weighted by molar-refractivity contribution is 0.226. The highest BCUT2D eigenvalue weighted by atomic mass is 35.5. The van der Waals surface area contributed by atoms with Gasteiger partial charge in [0.05, 0.1) is 5.56 Å². The molecule has 1 atom stereocenters. The summed E-state index contributed by atoms with van der Waals surface area (Å²) in [7, 11) is 0. The van der Waals surface area contributed by atoms with Crippen molar-refractivity contribution in [3.63, 3.8) is 0 Å². The fourth-order valence-corrected chi connectivity index (χ4v) is 1.89. The van der Waals surface area contributed by atoms with Gasteiger partial charge in [-0.1, -0.05) is 23.7 Å². The first-order valence-corrected chi connectivity index (χ1v) is 6.09. The number of nitrogens with zero attached hydrogens (tertiary/aromatic N) is 1. The Morgan fingerprint density at radius 1 is 1.26 bits per heavy atom. The molecule has 2 aromatic carbocycles. The van der Waals surface area contributed by atoms with Crippen LogP contribution in [0, 0.1) is 17.1 Å². The Morgan fingerprint density at radius 2 is 2.05 bits per heavy atom. The Kier molecular flexibility index (Phi) is 4.03. The lowest BCUT2D eigenvalue weighted by atomic mass is 10.1. The highest BCUT2D eigenvalue weighted by molar-refractivity contribution is 6.30. The Labute approximate surface area is 116 Å². The van der Waals surface area contributed by atoms with Crippen molar-refractivity contribution in [1.82, 2.24) is 0 Å². The molecule has 1 unspecified atom stereocenters. The molecule has 2 aromatic rings. The van der Waals surface area contributed by atoms with Crippen LogP contribution in [0.15, 0.2) is 42.5 Å². The van der Waals surface area contributed by atoms with Gasteiger partial charge in [0.15, 0.2) is 0 Å². The Hall–Kier alpha value is -2.05. The molecule has 2 nitrogen and oxygen atoms in total. The van der Waals surface area contributed by atoms with Gasteiger partial charge in [0.25, 0.3) is 0 Å². The number of halogens is 2. The predicted octanol–water partition coefficient (Wildman–Crippen LogP) is 4.49. The third-order valence-corrected chi connectivity index (χ3v) is 2.92. The summed E-state index contributed by atoms with van der Waals surface area (Å²) in [6.07, 6.45) is -0.240. The molecule has 19 heavy (non-hydrogen) atoms. The van der Waals surface area contributed by atoms with Crippen molar-refractivity contribution in [1.29, 1.82) is 5.26 Å². The molecule has 2 rings (SSSR count). The first kappa shape index (κ1) is 13.4. The van der Waals surface area contributed by atoms with E-state index in [1.807, 2.05) is 19.1 Å². The second-order valence-corrected chi connectivity index (χ2v) is 4.50. The minimum atomic E-state index is -0.551. The van der Waals surface area contributed by atoms with E-state index in [0.29, 0.717) is 10.8 Å². The van der Waals surface area contributed by atoms with Gasteiger partial charge >= 0.3 is 0 Å². The molecule has 0 radical (unpaired) electrons. The molecule has 0 bridgehead atoms. The zero-order chi connectivity index (χ0) is 13.8. The van der Waals surface area contributed by atoms with E-state index in [1.54, 1.807) is 18.2 Å². The maximum Gasteiger partial charge on any atom is 0.141 e. The first-order valence-electron chi connectivity index (χ1n) is 5.72. The molecule has 0 amide bonds. The van der Waals surface area contributed by atoms with Crippen molar-refractivity contribution >= 4 is 11.6 Å². The molecule has 0 aliphatic carbocycles. The van der Waals surface area contributed by atoms with Crippen LogP contribution in [0.2, 0.25) is 5.02 Å². The summed E-state index contributed by atoms with van der Waals surface area (Å²) in [6, 6.07) is 13.2. The number of ether oxygens (including phenoxy) is 1. The second kappa shape index (κ2) is 5.73. The van der Waals surface area contributed by atoms with Crippen molar-refractivity contribution in [2.75, 3.05) is 0 Å². The lowest BCUT2D eigenvalue weighted by Gasteiger charge is -2.15. The lowest BCUT2D eigenvalue weighted by Crippen LogP contribution is -2.03. The molecule has 0 saturated heterocycles. The van der Waals surface area contributed by atoms with E-state index in [0.717, 1.165) is 5.56 Å². The highest BCUT2D eigenvalue weighted by Gasteiger charge is 2.09. The number of hydrogen-bond acceptors (Lipinski definition) is 2. The second-order valence-electron chi connectivity index (χ2n) is 4.07. The zero-order valence-corrected chi connectivity index (χ0v) is 11.0. The standard InChI is InChI=1S/C15H11ClFNO/c1-10(11-3-2-4-13(16)7-11)19-14-5-6-15(17)12(8-14)9-18/h2-8,10H,1H3. The van der Waals surface area contributed by atoms with Gasteiger partial charge in [-0.05, 0) is 36.8 Å². The van der Waals surface area contributed by atoms with Gasteiger partial charge in [0, 0.05) is 11.1 Å². The molecule has 0 fully saturated rings. The van der Waals surface area contributed by atoms with Crippen LogP contribution < -0.4 is 4.74 Å². The van der Waals surface area contributed by atoms with Crippen LogP contribution in [-0.2, 0) is 0 Å². The van der Waals surface area contributed by atoms with Crippen LogP contribution in [0.3, 0.4) is 0 Å². The summed E-state index contributed by atoms with van der Waals surface area (Å²) in [5.41, 5.74) is 0.881. The maximum absolute atomic E-state index is 13.2. The Balaban J connectivity index is 2.20. The van der Waals surface area contributed by atoms with E-state index in [-0.39, 0.29) is 11.7 Å². The third-order valence-electron chi connectivity index (χ3n) is 2.69. The summed E-state index contributed by atoms with van der Waals surface area (Å²) >= 11 is 5.91. The molecular formula is C15H11ClFNO. The van der Waals surface area contributed by atoms with Crippen LogP contribution in [0.4, 0.5) is 4.39 Å². The number of nitriles is 1. The van der Waals surface area contributed by atoms with Crippen molar-refractivity contribution in [3.05, 3.63) is 64.4 Å². The van der Waals surface area contributed by atoms with Gasteiger partial charge in [0.1, 0.15) is 23.7 Å². The van der Waals surface area contributed by atoms with E-state index in [4.69, 9.17) is 21.6 Å². The molecule has 96 valence electrons. The third kappa shape index (κ3) is 3.24. The molecule has 0 aliphatic heterocycles. The molecule has 0 spiro atoms. The fraction of sp³-hybridized carbons (Fsp3) is 0.133. The average molecular weight is 276 g/mol. The first-order chi connectivity index (χ1) is 9.10. The van der Waals surface area contributed by atoms with E-state index in [9.17, 15) is 4.39 Å². The average Bonchev–Trinajstić information content (AvgIpc) is 2.41. The van der Waals surface area contributed by atoms with Crippen molar-refractivity contribution in [2.45, 2.75) is 13.0 Å². The largest absolute Gasteiger partial charge is 0.486 e. The molecule has 0 heterocycles. The summed E-state index contributed by atoms with van der Waals surface area (Å²) < 4.78 is 18.9. The topological polar surface area (TPSA) is 33.0 Å². The predicted molar refractivity (Wildman–Crippen MR) is 71.6 cm³/mol. The fourth-order valence-electron chi connectivity index (χ4n) is 1.69. The van der Waals surface area contributed by atoms with Gasteiger partial charge < -0.3 is 4.74 Å². The minimum Gasteiger partial charge on any atom is -0.486 e. The maximum atomic E-state index is 13.2. The monoisotopic (exact) mass is 275 g/mol. The molecule has 0 aliphatic rings. The van der Waals surface area contributed by atoms with Crippen LogP contribution >= 0.6 is 11.6 Å². The van der Waals surface area contributed by atoms with Gasteiger partial charge in [0.2, 0.25) is 0 Å². The van der Waals surface area contributed by atoms with E-state index >= 15 is 0 Å². The number of benzene rings is 2. The summed E-state index contributed by atoms with van der Waals surface area (Å²) in [6.45, 7) is 1.86. The van der Waals surface area contributed by atoms with E-state index in [2.05, 4.69) is 0 Å². The van der Waals surface area contributed by atoms with Gasteiger partial charge in [-0.15, -0.1) is 0 Å². The molecular weight excluding hydrogens is 265 g/mol. The van der Waals surface area contributed by atoms with Crippen molar-refractivity contribution in [2.24, 2.45) is 0 Å². The normalized spacial score (nSPS) is 11.7. The van der Waals surface area contributed by atoms with Crippen molar-refractivity contribution < 1.29 is 9.13 Å². The number of hydrogen-bond donors (Lipinski definition) is 0. The summed E-state index contributed by atoms with van der Waals surface area (Å²) in [5.74, 6) is -0.101. The molecule has 0 saturated carbocycles. The highest BCUT2D eigenvalue weighted by Crippen LogP contribution is 2.25. The van der Waals surface area contributed by atoms with Gasteiger partial charge in [-0.2, -0.15) is 5.26 Å². The molecule has 4 heteroatoms. The van der Waals surface area contributed by atoms with Crippen LogP contribution in [-0.4, -0.2) is 0 Å². The van der Waals surface area contributed by atoms with Crippen molar-refractivity contribution in [3.8, 4) is 11.8 Å². The number of rotatable bonds is 3. The molecule has 0 aromatic heterocycles. The van der Waals surface area contributed by atoms with E-state index in [1.165, 1.54) is 18.2 Å². The molecule has 0 N–H and O–H groups in total. The van der Waals surface area contributed by atoms with Gasteiger partial charge in [-0.3, -0.25) is 0 Å². The van der Waals surface area contributed by atoms with Crippen LogP contribution in [0.1, 0.15) is 24.2 Å². The summed E-state index contributed by atoms with van der Waals surface area (Å²) in [5, 5.41) is 9.40. The SMILES string of the molecule is CC(Oc1ccc(F)c(C#N)c1)c1cccc(Cl)c1. The quantitative estimate of drug-likeness (QED) is 0.827.